The lowest BCUT2D eigenvalue weighted by atomic mass is 9.88. The van der Waals surface area contributed by atoms with Crippen molar-refractivity contribution in [2.45, 2.75) is 25.4 Å². The Bertz CT molecular complexity index is 1510. The van der Waals surface area contributed by atoms with Crippen LogP contribution in [0.15, 0.2) is 49.2 Å². The lowest BCUT2D eigenvalue weighted by Gasteiger charge is -2.49. The van der Waals surface area contributed by atoms with Crippen LogP contribution in [0.5, 0.6) is 0 Å². The van der Waals surface area contributed by atoms with Crippen molar-refractivity contribution in [3.05, 3.63) is 66.2 Å². The van der Waals surface area contributed by atoms with Gasteiger partial charge < -0.3 is 29.4 Å². The van der Waals surface area contributed by atoms with E-state index in [2.05, 4.69) is 67.2 Å². The van der Waals surface area contributed by atoms with E-state index in [0.717, 1.165) is 62.7 Å². The second-order valence-electron chi connectivity index (χ2n) is 10.5. The number of hydrogen-bond acceptors (Lipinski definition) is 7. The van der Waals surface area contributed by atoms with E-state index in [0.29, 0.717) is 12.5 Å². The zero-order valence-electron chi connectivity index (χ0n) is 22.4. The summed E-state index contributed by atoms with van der Waals surface area (Å²) in [5.74, 6) is 0.529. The molecule has 12 heteroatoms. The van der Waals surface area contributed by atoms with Gasteiger partial charge in [0, 0.05) is 51.0 Å². The molecule has 2 aliphatic heterocycles. The highest BCUT2D eigenvalue weighted by Crippen LogP contribution is 2.36. The molecule has 0 aromatic carbocycles. The smallest absolute Gasteiger partial charge is 0.247 e. The van der Waals surface area contributed by atoms with Gasteiger partial charge in [-0.25, -0.2) is 11.1 Å². The van der Waals surface area contributed by atoms with Gasteiger partial charge in [-0.2, -0.15) is 10.1 Å². The van der Waals surface area contributed by atoms with Crippen molar-refractivity contribution >= 4 is 28.9 Å². The second-order valence-corrected chi connectivity index (χ2v) is 10.5. The van der Waals surface area contributed by atoms with Crippen molar-refractivity contribution in [2.75, 3.05) is 63.1 Å². The van der Waals surface area contributed by atoms with Crippen LogP contribution in [-0.4, -0.2) is 97.5 Å². The summed E-state index contributed by atoms with van der Waals surface area (Å²) in [5, 5.41) is 12.2. The molecule has 2 aliphatic rings. The number of rotatable bonds is 8. The number of pyridine rings is 1. The first-order chi connectivity index (χ1) is 19.0. The first-order valence-corrected chi connectivity index (χ1v) is 13.3. The van der Waals surface area contributed by atoms with Crippen LogP contribution in [0.4, 0.5) is 17.3 Å². The number of piperazine rings is 1. The lowest BCUT2D eigenvalue weighted by Crippen LogP contribution is -2.64. The molecule has 12 nitrogen and oxygen atoms in total. The van der Waals surface area contributed by atoms with E-state index < -0.39 is 0 Å². The highest BCUT2D eigenvalue weighted by atomic mass is 16.2. The molecular formula is C27H33N11O. The maximum atomic E-state index is 12.7. The van der Waals surface area contributed by atoms with Crippen molar-refractivity contribution in [3.8, 4) is 0 Å². The Morgan fingerprint density at radius 1 is 1.15 bits per heavy atom. The minimum absolute atomic E-state index is 0.0721. The van der Waals surface area contributed by atoms with Crippen LogP contribution >= 0.6 is 0 Å². The third-order valence-corrected chi connectivity index (χ3v) is 7.78. The first kappa shape index (κ1) is 24.9. The number of carbonyl (C=O) groups is 1. The van der Waals surface area contributed by atoms with E-state index in [1.54, 1.807) is 21.6 Å². The summed E-state index contributed by atoms with van der Waals surface area (Å²) in [4.78, 5) is 27.6. The summed E-state index contributed by atoms with van der Waals surface area (Å²) >= 11 is 0. The van der Waals surface area contributed by atoms with E-state index in [9.17, 15) is 4.79 Å². The molecule has 1 N–H and O–H groups in total. The summed E-state index contributed by atoms with van der Waals surface area (Å²) in [7, 11) is 2.07. The Kier molecular flexibility index (Phi) is 6.44. The van der Waals surface area contributed by atoms with Gasteiger partial charge in [0.1, 0.15) is 6.54 Å². The van der Waals surface area contributed by atoms with Crippen molar-refractivity contribution in [2.24, 2.45) is 0 Å². The average Bonchev–Trinajstić information content (AvgIpc) is 3.66. The molecule has 0 radical (unpaired) electrons. The molecule has 4 aromatic rings. The summed E-state index contributed by atoms with van der Waals surface area (Å²) in [6.45, 7) is 15.1. The molecule has 0 atom stereocenters. The second kappa shape index (κ2) is 10.1. The van der Waals surface area contributed by atoms with Gasteiger partial charge in [-0.1, -0.05) is 6.92 Å². The Hall–Kier alpha value is -4.37. The normalized spacial score (nSPS) is 17.3. The van der Waals surface area contributed by atoms with Crippen molar-refractivity contribution in [1.82, 2.24) is 38.7 Å². The van der Waals surface area contributed by atoms with Gasteiger partial charge in [-0.15, -0.1) is 5.10 Å². The maximum Gasteiger partial charge on any atom is 0.247 e. The number of hydrogen-bond donors (Lipinski definition) is 1. The fourth-order valence-electron chi connectivity index (χ4n) is 5.40. The molecule has 39 heavy (non-hydrogen) atoms. The van der Waals surface area contributed by atoms with Crippen LogP contribution in [0.3, 0.4) is 0 Å². The molecule has 0 spiro atoms. The topological polar surface area (TPSA) is 96.1 Å². The van der Waals surface area contributed by atoms with Crippen molar-refractivity contribution < 1.29 is 4.79 Å². The van der Waals surface area contributed by atoms with E-state index in [1.807, 2.05) is 23.2 Å². The average molecular weight is 528 g/mol. The largest absolute Gasteiger partial charge is 0.363 e. The molecular weight excluding hydrogens is 494 g/mol. The summed E-state index contributed by atoms with van der Waals surface area (Å²) in [6.07, 6.45) is 10.6. The van der Waals surface area contributed by atoms with Gasteiger partial charge in [-0.3, -0.25) is 9.48 Å². The minimum Gasteiger partial charge on any atom is -0.363 e. The first-order valence-electron chi connectivity index (χ1n) is 13.3. The number of amides is 1. The quantitative estimate of drug-likeness (QED) is 0.350. The number of fused-ring (bicyclic) bond motifs is 1. The third kappa shape index (κ3) is 4.81. The van der Waals surface area contributed by atoms with Crippen molar-refractivity contribution in [3.63, 3.8) is 0 Å². The number of nitrogens with zero attached hydrogens (tertiary/aromatic N) is 10. The van der Waals surface area contributed by atoms with Gasteiger partial charge in [0.25, 0.3) is 0 Å². The Morgan fingerprint density at radius 2 is 1.97 bits per heavy atom. The van der Waals surface area contributed by atoms with Crippen LogP contribution in [0.25, 0.3) is 10.5 Å². The minimum atomic E-state index is -0.237. The van der Waals surface area contributed by atoms with Crippen LogP contribution < -0.4 is 10.2 Å². The van der Waals surface area contributed by atoms with Crippen molar-refractivity contribution in [1.29, 1.82) is 0 Å². The monoisotopic (exact) mass is 527 g/mol. The van der Waals surface area contributed by atoms with Gasteiger partial charge in [0.05, 0.1) is 30.7 Å². The predicted molar refractivity (Wildman–Crippen MR) is 148 cm³/mol. The molecule has 202 valence electrons. The molecule has 2 saturated heterocycles. The number of likely N-dealkylation sites (N-methyl/N-ethyl adjacent to an activating group) is 1. The zero-order chi connectivity index (χ0) is 27.0. The summed E-state index contributed by atoms with van der Waals surface area (Å²) in [6, 6.07) is 6.14. The Labute approximate surface area is 227 Å². The molecule has 6 rings (SSSR count). The van der Waals surface area contributed by atoms with Crippen LogP contribution in [0.1, 0.15) is 12.5 Å². The SMILES string of the molecule is [C-]#[N+]CC1(n2ccc(CC)c2)CN(c2cccn3nc(Nc4cnn(CC(=O)N5CCN(C)CC5)c4)nc23)C1. The third-order valence-electron chi connectivity index (χ3n) is 7.78. The van der Waals surface area contributed by atoms with E-state index in [-0.39, 0.29) is 18.0 Å². The lowest BCUT2D eigenvalue weighted by molar-refractivity contribution is -0.133. The Morgan fingerprint density at radius 3 is 2.72 bits per heavy atom. The maximum absolute atomic E-state index is 12.7. The molecule has 0 bridgehead atoms. The fourth-order valence-corrected chi connectivity index (χ4v) is 5.40. The van der Waals surface area contributed by atoms with E-state index >= 15 is 0 Å². The summed E-state index contributed by atoms with van der Waals surface area (Å²) in [5.41, 5.74) is 3.49. The number of aromatic nitrogens is 6. The molecule has 2 fully saturated rings. The predicted octanol–water partition coefficient (Wildman–Crippen LogP) is 1.94. The van der Waals surface area contributed by atoms with Gasteiger partial charge in [0.2, 0.25) is 18.4 Å². The van der Waals surface area contributed by atoms with E-state index in [4.69, 9.17) is 11.6 Å². The highest BCUT2D eigenvalue weighted by Gasteiger charge is 2.48. The van der Waals surface area contributed by atoms with E-state index in [1.165, 1.54) is 5.56 Å². The highest BCUT2D eigenvalue weighted by molar-refractivity contribution is 5.76. The van der Waals surface area contributed by atoms with Gasteiger partial charge in [0.15, 0.2) is 11.2 Å². The standard InChI is InChI=1S/C27H33N11O/c1-4-21-7-9-36(15-21)27(18-28-2)19-35(20-27)23-6-5-8-38-25(23)31-26(32-38)30-22-14-29-37(16-22)17-24(39)34-12-10-33(3)11-13-34/h5-9,14-16H,4,10-13,17-20H2,1,3H3,(H,30,32). The number of carbonyl (C=O) groups excluding carboxylic acids is 1. The molecule has 0 unspecified atom stereocenters. The molecule has 6 heterocycles. The fraction of sp³-hybridized carbons (Fsp3) is 0.444. The summed E-state index contributed by atoms with van der Waals surface area (Å²) < 4.78 is 5.62. The molecule has 1 amide bonds. The molecule has 4 aromatic heterocycles. The Balaban J connectivity index is 1.14. The number of nitrogens with one attached hydrogen (secondary N) is 1. The van der Waals surface area contributed by atoms with Gasteiger partial charge in [-0.05, 0) is 37.2 Å². The molecule has 0 aliphatic carbocycles. The van der Waals surface area contributed by atoms with Crippen LogP contribution in [0.2, 0.25) is 0 Å². The van der Waals surface area contributed by atoms with Gasteiger partial charge >= 0.3 is 0 Å². The van der Waals surface area contributed by atoms with Crippen LogP contribution in [-0.2, 0) is 23.3 Å². The zero-order valence-corrected chi connectivity index (χ0v) is 22.4. The molecule has 0 saturated carbocycles. The number of anilines is 3. The number of aryl methyl sites for hydroxylation is 1. The van der Waals surface area contributed by atoms with Crippen LogP contribution in [0, 0.1) is 6.57 Å².